The van der Waals surface area contributed by atoms with Gasteiger partial charge in [0.15, 0.2) is 6.10 Å². The van der Waals surface area contributed by atoms with Crippen LogP contribution in [-0.2, 0) is 14.8 Å². The van der Waals surface area contributed by atoms with E-state index >= 15 is 0 Å². The molecule has 6 nitrogen and oxygen atoms in total. The van der Waals surface area contributed by atoms with Crippen LogP contribution in [-0.4, -0.2) is 20.4 Å². The Morgan fingerprint density at radius 1 is 0.935 bits per heavy atom. The van der Waals surface area contributed by atoms with Crippen LogP contribution in [0.5, 0.6) is 5.75 Å². The van der Waals surface area contributed by atoms with Gasteiger partial charge in [-0.15, -0.1) is 0 Å². The molecular formula is C23H23ClN2O4S. The zero-order chi connectivity index (χ0) is 22.4. The van der Waals surface area contributed by atoms with Crippen LogP contribution in [0.25, 0.3) is 0 Å². The van der Waals surface area contributed by atoms with Crippen LogP contribution in [0.3, 0.4) is 0 Å². The predicted octanol–water partition coefficient (Wildman–Crippen LogP) is 5.25. The fourth-order valence-corrected chi connectivity index (χ4v) is 3.96. The Labute approximate surface area is 187 Å². The van der Waals surface area contributed by atoms with Gasteiger partial charge in [-0.3, -0.25) is 9.52 Å². The third kappa shape index (κ3) is 6.23. The summed E-state index contributed by atoms with van der Waals surface area (Å²) in [6, 6.07) is 19.7. The summed E-state index contributed by atoms with van der Waals surface area (Å²) < 4.78 is 33.4. The van der Waals surface area contributed by atoms with E-state index in [2.05, 4.69) is 10.0 Å². The maximum absolute atomic E-state index is 12.6. The van der Waals surface area contributed by atoms with Crippen molar-refractivity contribution in [2.45, 2.75) is 31.3 Å². The number of aryl methyl sites for hydroxylation is 1. The number of hydrogen-bond acceptors (Lipinski definition) is 4. The number of hydrogen-bond donors (Lipinski definition) is 2. The number of carbonyl (C=O) groups is 1. The largest absolute Gasteiger partial charge is 0.481 e. The van der Waals surface area contributed by atoms with Gasteiger partial charge in [-0.2, -0.15) is 0 Å². The first-order valence-corrected chi connectivity index (χ1v) is 11.6. The third-order valence-corrected chi connectivity index (χ3v) is 6.14. The van der Waals surface area contributed by atoms with Crippen molar-refractivity contribution in [3.8, 4) is 5.75 Å². The van der Waals surface area contributed by atoms with Crippen LogP contribution in [0, 0.1) is 6.92 Å². The van der Waals surface area contributed by atoms with Crippen molar-refractivity contribution in [2.75, 3.05) is 10.0 Å². The molecule has 2 N–H and O–H groups in total. The van der Waals surface area contributed by atoms with Crippen LogP contribution < -0.4 is 14.8 Å². The van der Waals surface area contributed by atoms with E-state index < -0.39 is 16.1 Å². The molecule has 31 heavy (non-hydrogen) atoms. The minimum atomic E-state index is -3.77. The number of carbonyl (C=O) groups excluding carboxylic acids is 1. The summed E-state index contributed by atoms with van der Waals surface area (Å²) in [6.45, 7) is 3.83. The van der Waals surface area contributed by atoms with Gasteiger partial charge >= 0.3 is 0 Å². The number of nitrogens with one attached hydrogen (secondary N) is 2. The Balaban J connectivity index is 1.65. The summed E-state index contributed by atoms with van der Waals surface area (Å²) in [7, 11) is -3.77. The normalized spacial score (nSPS) is 12.1. The zero-order valence-electron chi connectivity index (χ0n) is 17.1. The van der Waals surface area contributed by atoms with Gasteiger partial charge < -0.3 is 10.1 Å². The lowest BCUT2D eigenvalue weighted by Gasteiger charge is -2.17. The van der Waals surface area contributed by atoms with Crippen molar-refractivity contribution in [2.24, 2.45) is 0 Å². The van der Waals surface area contributed by atoms with E-state index in [1.165, 1.54) is 24.3 Å². The molecule has 0 aliphatic heterocycles. The summed E-state index contributed by atoms with van der Waals surface area (Å²) in [6.07, 6.45) is -0.185. The van der Waals surface area contributed by atoms with E-state index in [-0.39, 0.29) is 10.8 Å². The Hall–Kier alpha value is -3.03. The van der Waals surface area contributed by atoms with E-state index in [1.807, 2.05) is 38.1 Å². The maximum atomic E-state index is 12.6. The Kier molecular flexibility index (Phi) is 7.20. The van der Waals surface area contributed by atoms with E-state index in [1.54, 1.807) is 24.3 Å². The molecular weight excluding hydrogens is 436 g/mol. The monoisotopic (exact) mass is 458 g/mol. The highest BCUT2D eigenvalue weighted by Crippen LogP contribution is 2.21. The first-order chi connectivity index (χ1) is 14.8. The summed E-state index contributed by atoms with van der Waals surface area (Å²) in [5, 5.41) is 3.28. The summed E-state index contributed by atoms with van der Waals surface area (Å²) in [5.74, 6) is 0.306. The highest BCUT2D eigenvalue weighted by atomic mass is 35.5. The van der Waals surface area contributed by atoms with Gasteiger partial charge in [-0.1, -0.05) is 36.2 Å². The maximum Gasteiger partial charge on any atom is 0.265 e. The standard InChI is InChI=1S/C23H23ClN2O4S/c1-3-22(30-20-12-4-16(2)5-13-20)23(27)25-18-10-14-21(15-11-18)31(28,29)26-19-8-6-17(24)7-9-19/h4-15,22,26H,3H2,1-2H3,(H,25,27)/t22-/m0/s1. The third-order valence-electron chi connectivity index (χ3n) is 4.49. The van der Waals surface area contributed by atoms with Crippen LogP contribution in [0.1, 0.15) is 18.9 Å². The van der Waals surface area contributed by atoms with Crippen LogP contribution >= 0.6 is 11.6 Å². The minimum absolute atomic E-state index is 0.0726. The fourth-order valence-electron chi connectivity index (χ4n) is 2.78. The summed E-state index contributed by atoms with van der Waals surface area (Å²) >= 11 is 5.82. The first-order valence-electron chi connectivity index (χ1n) is 9.69. The van der Waals surface area contributed by atoms with Crippen molar-refractivity contribution < 1.29 is 17.9 Å². The molecule has 1 amide bonds. The number of benzene rings is 3. The number of halogens is 1. The molecule has 3 rings (SSSR count). The second kappa shape index (κ2) is 9.85. The Morgan fingerprint density at radius 2 is 1.52 bits per heavy atom. The summed E-state index contributed by atoms with van der Waals surface area (Å²) in [5.41, 5.74) is 1.98. The lowest BCUT2D eigenvalue weighted by Crippen LogP contribution is -2.32. The van der Waals surface area contributed by atoms with Crippen molar-refractivity contribution >= 4 is 38.9 Å². The van der Waals surface area contributed by atoms with Gasteiger partial charge in [0, 0.05) is 16.4 Å². The smallest absolute Gasteiger partial charge is 0.265 e. The highest BCUT2D eigenvalue weighted by molar-refractivity contribution is 7.92. The van der Waals surface area contributed by atoms with Crippen molar-refractivity contribution in [1.82, 2.24) is 0 Å². The van der Waals surface area contributed by atoms with E-state index in [0.29, 0.717) is 28.6 Å². The quantitative estimate of drug-likeness (QED) is 0.483. The molecule has 3 aromatic carbocycles. The van der Waals surface area contributed by atoms with E-state index in [9.17, 15) is 13.2 Å². The molecule has 0 aliphatic rings. The van der Waals surface area contributed by atoms with Gasteiger partial charge in [-0.25, -0.2) is 8.42 Å². The van der Waals surface area contributed by atoms with E-state index in [0.717, 1.165) is 5.56 Å². The lowest BCUT2D eigenvalue weighted by atomic mass is 10.2. The molecule has 8 heteroatoms. The predicted molar refractivity (Wildman–Crippen MR) is 123 cm³/mol. The summed E-state index contributed by atoms with van der Waals surface area (Å²) in [4.78, 5) is 12.7. The van der Waals surface area contributed by atoms with Crippen LogP contribution in [0.2, 0.25) is 5.02 Å². The van der Waals surface area contributed by atoms with Crippen molar-refractivity contribution in [3.05, 3.63) is 83.4 Å². The second-order valence-electron chi connectivity index (χ2n) is 6.95. The number of amides is 1. The fraction of sp³-hybridized carbons (Fsp3) is 0.174. The average Bonchev–Trinajstić information content (AvgIpc) is 2.75. The SMILES string of the molecule is CC[C@H](Oc1ccc(C)cc1)C(=O)Nc1ccc(S(=O)(=O)Nc2ccc(Cl)cc2)cc1. The molecule has 0 aromatic heterocycles. The molecule has 0 saturated carbocycles. The molecule has 0 unspecified atom stereocenters. The molecule has 0 heterocycles. The molecule has 1 atom stereocenters. The van der Waals surface area contributed by atoms with E-state index in [4.69, 9.17) is 16.3 Å². The molecule has 0 saturated heterocycles. The Bertz CT molecular complexity index is 1130. The van der Waals surface area contributed by atoms with Gasteiger partial charge in [0.25, 0.3) is 15.9 Å². The van der Waals surface area contributed by atoms with Crippen LogP contribution in [0.4, 0.5) is 11.4 Å². The molecule has 0 fully saturated rings. The van der Waals surface area contributed by atoms with Gasteiger partial charge in [0.2, 0.25) is 0 Å². The zero-order valence-corrected chi connectivity index (χ0v) is 18.7. The molecule has 162 valence electrons. The van der Waals surface area contributed by atoms with Gasteiger partial charge in [0.05, 0.1) is 4.90 Å². The number of sulfonamides is 1. The highest BCUT2D eigenvalue weighted by Gasteiger charge is 2.19. The lowest BCUT2D eigenvalue weighted by molar-refractivity contribution is -0.122. The number of ether oxygens (including phenoxy) is 1. The van der Waals surface area contributed by atoms with Crippen molar-refractivity contribution in [3.63, 3.8) is 0 Å². The topological polar surface area (TPSA) is 84.5 Å². The minimum Gasteiger partial charge on any atom is -0.481 e. The molecule has 0 bridgehead atoms. The first kappa shape index (κ1) is 22.7. The average molecular weight is 459 g/mol. The van der Waals surface area contributed by atoms with Gasteiger partial charge in [-0.05, 0) is 74.0 Å². The van der Waals surface area contributed by atoms with Crippen molar-refractivity contribution in [1.29, 1.82) is 0 Å². The molecule has 0 spiro atoms. The second-order valence-corrected chi connectivity index (χ2v) is 9.07. The Morgan fingerprint density at radius 3 is 2.10 bits per heavy atom. The van der Waals surface area contributed by atoms with Crippen LogP contribution in [0.15, 0.2) is 77.7 Å². The molecule has 0 aliphatic carbocycles. The molecule has 0 radical (unpaired) electrons. The van der Waals surface area contributed by atoms with Gasteiger partial charge in [0.1, 0.15) is 5.75 Å². The number of rotatable bonds is 8. The number of anilines is 2. The molecule has 3 aromatic rings.